The van der Waals surface area contributed by atoms with Gasteiger partial charge in [0.1, 0.15) is 5.75 Å². The molecule has 0 bridgehead atoms. The minimum Gasteiger partial charge on any atom is -0.497 e. The van der Waals surface area contributed by atoms with Crippen LogP contribution >= 0.6 is 23.6 Å². The van der Waals surface area contributed by atoms with E-state index in [1.54, 1.807) is 7.11 Å². The van der Waals surface area contributed by atoms with Crippen LogP contribution in [0, 0.1) is 3.95 Å². The van der Waals surface area contributed by atoms with Crippen molar-refractivity contribution in [3.8, 4) is 5.75 Å². The number of hydrogen-bond donors (Lipinski definition) is 1. The molecule has 1 aromatic heterocycles. The van der Waals surface area contributed by atoms with Crippen LogP contribution in [0.4, 0.5) is 10.8 Å². The highest BCUT2D eigenvalue weighted by molar-refractivity contribution is 7.73. The van der Waals surface area contributed by atoms with Crippen molar-refractivity contribution < 1.29 is 9.47 Å². The summed E-state index contributed by atoms with van der Waals surface area (Å²) in [5, 5.41) is 8.64. The maximum Gasteiger partial charge on any atom is 0.209 e. The molecule has 2 aromatic rings. The topological polar surface area (TPSA) is 51.5 Å². The van der Waals surface area contributed by atoms with Crippen molar-refractivity contribution in [3.63, 3.8) is 0 Å². The number of nitrogens with one attached hydrogen (secondary N) is 1. The zero-order chi connectivity index (χ0) is 16.2. The third-order valence-electron chi connectivity index (χ3n) is 3.59. The standard InChI is InChI=1S/C15H20N4O2S2/c1-11-9-18(6-7-21-11)10-19-15(22)23-14(17-19)16-12-4-3-5-13(8-12)20-2/h3-5,8,11H,6-7,9-10H2,1-2H3,(H,16,17). The molecule has 1 aromatic carbocycles. The van der Waals surface area contributed by atoms with E-state index in [9.17, 15) is 0 Å². The lowest BCUT2D eigenvalue weighted by Crippen LogP contribution is -2.42. The predicted octanol–water partition coefficient (Wildman–Crippen LogP) is 3.10. The van der Waals surface area contributed by atoms with Gasteiger partial charge in [0, 0.05) is 24.8 Å². The number of rotatable bonds is 5. The smallest absolute Gasteiger partial charge is 0.209 e. The van der Waals surface area contributed by atoms with Gasteiger partial charge < -0.3 is 14.8 Å². The largest absolute Gasteiger partial charge is 0.497 e. The number of anilines is 2. The van der Waals surface area contributed by atoms with Gasteiger partial charge in [0.25, 0.3) is 0 Å². The Bertz CT molecular complexity index is 715. The Kier molecular flexibility index (Phi) is 5.27. The van der Waals surface area contributed by atoms with Crippen LogP contribution in [0.2, 0.25) is 0 Å². The summed E-state index contributed by atoms with van der Waals surface area (Å²) in [7, 11) is 1.65. The molecule has 0 amide bonds. The molecular formula is C15H20N4O2S2. The van der Waals surface area contributed by atoms with Gasteiger partial charge in [-0.15, -0.1) is 5.10 Å². The predicted molar refractivity (Wildman–Crippen MR) is 94.2 cm³/mol. The van der Waals surface area contributed by atoms with Crippen LogP contribution in [0.1, 0.15) is 6.92 Å². The van der Waals surface area contributed by atoms with Crippen molar-refractivity contribution in [3.05, 3.63) is 28.2 Å². The zero-order valence-corrected chi connectivity index (χ0v) is 14.8. The second kappa shape index (κ2) is 7.39. The Morgan fingerprint density at radius 1 is 1.52 bits per heavy atom. The fourth-order valence-electron chi connectivity index (χ4n) is 2.48. The van der Waals surface area contributed by atoms with E-state index in [0.717, 1.165) is 40.2 Å². The van der Waals surface area contributed by atoms with Gasteiger partial charge in [-0.1, -0.05) is 17.4 Å². The zero-order valence-electron chi connectivity index (χ0n) is 13.2. The van der Waals surface area contributed by atoms with Crippen LogP contribution < -0.4 is 10.1 Å². The molecule has 0 aliphatic carbocycles. The van der Waals surface area contributed by atoms with E-state index in [4.69, 9.17) is 21.7 Å². The van der Waals surface area contributed by atoms with Crippen LogP contribution in [-0.4, -0.2) is 47.6 Å². The quantitative estimate of drug-likeness (QED) is 0.835. The molecule has 1 saturated heterocycles. The van der Waals surface area contributed by atoms with E-state index in [0.29, 0.717) is 6.67 Å². The summed E-state index contributed by atoms with van der Waals surface area (Å²) in [6, 6.07) is 7.75. The Morgan fingerprint density at radius 3 is 3.17 bits per heavy atom. The van der Waals surface area contributed by atoms with Gasteiger partial charge in [0.05, 0.1) is 26.5 Å². The van der Waals surface area contributed by atoms with Crippen molar-refractivity contribution in [1.29, 1.82) is 0 Å². The molecule has 1 aliphatic rings. The first-order valence-electron chi connectivity index (χ1n) is 7.47. The minimum absolute atomic E-state index is 0.255. The lowest BCUT2D eigenvalue weighted by atomic mass is 10.3. The number of methoxy groups -OCH3 is 1. The Hall–Kier alpha value is -1.48. The fourth-order valence-corrected chi connectivity index (χ4v) is 3.49. The van der Waals surface area contributed by atoms with Crippen molar-refractivity contribution in [2.45, 2.75) is 19.7 Å². The van der Waals surface area contributed by atoms with Crippen LogP contribution in [0.3, 0.4) is 0 Å². The third-order valence-corrected chi connectivity index (χ3v) is 4.81. The van der Waals surface area contributed by atoms with Crippen LogP contribution in [0.25, 0.3) is 0 Å². The van der Waals surface area contributed by atoms with Crippen LogP contribution in [-0.2, 0) is 11.4 Å². The van der Waals surface area contributed by atoms with Crippen molar-refractivity contribution in [2.24, 2.45) is 0 Å². The van der Waals surface area contributed by atoms with Crippen molar-refractivity contribution in [1.82, 2.24) is 14.7 Å². The molecule has 124 valence electrons. The molecule has 0 saturated carbocycles. The first-order chi connectivity index (χ1) is 11.1. The molecule has 8 heteroatoms. The average molecular weight is 352 g/mol. The highest BCUT2D eigenvalue weighted by Gasteiger charge is 2.17. The highest BCUT2D eigenvalue weighted by Crippen LogP contribution is 2.23. The molecular weight excluding hydrogens is 332 g/mol. The molecule has 0 radical (unpaired) electrons. The fraction of sp³-hybridized carbons (Fsp3) is 0.467. The van der Waals surface area contributed by atoms with Gasteiger partial charge >= 0.3 is 0 Å². The monoisotopic (exact) mass is 352 g/mol. The van der Waals surface area contributed by atoms with Crippen LogP contribution in [0.5, 0.6) is 5.75 Å². The molecule has 1 aliphatic heterocycles. The van der Waals surface area contributed by atoms with E-state index >= 15 is 0 Å². The van der Waals surface area contributed by atoms with Crippen molar-refractivity contribution >= 4 is 34.4 Å². The number of nitrogens with zero attached hydrogens (tertiary/aromatic N) is 3. The molecule has 1 fully saturated rings. The van der Waals surface area contributed by atoms with Gasteiger partial charge in [0.2, 0.25) is 5.13 Å². The Morgan fingerprint density at radius 2 is 2.39 bits per heavy atom. The molecule has 1 N–H and O–H groups in total. The SMILES string of the molecule is COc1cccc(Nc2nn(CN3CCOC(C)C3)c(=S)s2)c1. The Labute approximate surface area is 144 Å². The maximum atomic E-state index is 5.56. The second-order valence-electron chi connectivity index (χ2n) is 5.43. The number of hydrogen-bond acceptors (Lipinski definition) is 7. The Balaban J connectivity index is 1.69. The molecule has 2 heterocycles. The molecule has 6 nitrogen and oxygen atoms in total. The average Bonchev–Trinajstić information content (AvgIpc) is 2.87. The highest BCUT2D eigenvalue weighted by atomic mass is 32.1. The summed E-state index contributed by atoms with van der Waals surface area (Å²) in [5.41, 5.74) is 0.931. The van der Waals surface area contributed by atoms with E-state index in [2.05, 4.69) is 22.2 Å². The normalized spacial score (nSPS) is 18.8. The molecule has 1 atom stereocenters. The number of aromatic nitrogens is 2. The third kappa shape index (κ3) is 4.29. The number of morpholine rings is 1. The molecule has 23 heavy (non-hydrogen) atoms. The summed E-state index contributed by atoms with van der Waals surface area (Å²) in [4.78, 5) is 2.30. The molecule has 0 spiro atoms. The van der Waals surface area contributed by atoms with Gasteiger partial charge in [-0.25, -0.2) is 4.68 Å². The van der Waals surface area contributed by atoms with Crippen LogP contribution in [0.15, 0.2) is 24.3 Å². The first kappa shape index (κ1) is 16.4. The summed E-state index contributed by atoms with van der Waals surface area (Å²) in [5.74, 6) is 0.806. The first-order valence-corrected chi connectivity index (χ1v) is 8.69. The summed E-state index contributed by atoms with van der Waals surface area (Å²) in [6.45, 7) is 5.35. The summed E-state index contributed by atoms with van der Waals surface area (Å²) < 4.78 is 13.4. The van der Waals surface area contributed by atoms with E-state index in [1.807, 2.05) is 28.9 Å². The van der Waals surface area contributed by atoms with E-state index in [-0.39, 0.29) is 6.10 Å². The van der Waals surface area contributed by atoms with Gasteiger partial charge in [0.15, 0.2) is 3.95 Å². The summed E-state index contributed by atoms with van der Waals surface area (Å²) >= 11 is 6.90. The van der Waals surface area contributed by atoms with Crippen molar-refractivity contribution in [2.75, 3.05) is 32.1 Å². The summed E-state index contributed by atoms with van der Waals surface area (Å²) in [6.07, 6.45) is 0.255. The molecule has 1 unspecified atom stereocenters. The van der Waals surface area contributed by atoms with Gasteiger partial charge in [-0.05, 0) is 31.3 Å². The lowest BCUT2D eigenvalue weighted by molar-refractivity contribution is -0.0305. The lowest BCUT2D eigenvalue weighted by Gasteiger charge is -2.30. The van der Waals surface area contributed by atoms with E-state index in [1.165, 1.54) is 11.3 Å². The molecule has 3 rings (SSSR count). The number of benzene rings is 1. The second-order valence-corrected chi connectivity index (χ2v) is 7.05. The van der Waals surface area contributed by atoms with Gasteiger partial charge in [-0.2, -0.15) is 0 Å². The minimum atomic E-state index is 0.255. The number of ether oxygens (including phenoxy) is 2. The van der Waals surface area contributed by atoms with E-state index < -0.39 is 0 Å². The van der Waals surface area contributed by atoms with Gasteiger partial charge in [-0.3, -0.25) is 4.90 Å². The maximum absolute atomic E-state index is 5.56.